The SMILES string of the molecule is CC(=O)C(CO)(CO)CO.O=[N+]([O-])O.O=[N+]([O-])O. The summed E-state index contributed by atoms with van der Waals surface area (Å²) in [6.45, 7) is -0.331. The van der Waals surface area contributed by atoms with Crippen molar-refractivity contribution >= 4 is 5.78 Å². The van der Waals surface area contributed by atoms with Crippen molar-refractivity contribution in [3.8, 4) is 0 Å². The number of aliphatic hydroxyl groups excluding tert-OH is 3. The zero-order valence-corrected chi connectivity index (χ0v) is 9.29. The van der Waals surface area contributed by atoms with E-state index in [1.807, 2.05) is 0 Å². The molecule has 0 saturated carbocycles. The van der Waals surface area contributed by atoms with Crippen LogP contribution in [0.4, 0.5) is 0 Å². The molecule has 5 N–H and O–H groups in total. The van der Waals surface area contributed by atoms with Crippen LogP contribution < -0.4 is 0 Å². The van der Waals surface area contributed by atoms with E-state index in [2.05, 4.69) is 0 Å². The summed E-state index contributed by atoms with van der Waals surface area (Å²) in [5, 5.41) is 53.1. The Bertz CT molecular complexity index is 235. The fourth-order valence-corrected chi connectivity index (χ4v) is 0.484. The molecule has 12 nitrogen and oxygen atoms in total. The van der Waals surface area contributed by atoms with Gasteiger partial charge in [-0.25, -0.2) is 0 Å². The highest BCUT2D eigenvalue weighted by molar-refractivity contribution is 5.82. The molecule has 0 atom stereocenters. The largest absolute Gasteiger partial charge is 0.395 e. The summed E-state index contributed by atoms with van der Waals surface area (Å²) in [5.74, 6) is -0.403. The van der Waals surface area contributed by atoms with E-state index in [1.54, 1.807) is 0 Å². The highest BCUT2D eigenvalue weighted by Gasteiger charge is 2.33. The Morgan fingerprint density at radius 1 is 1.00 bits per heavy atom. The molecule has 0 aliphatic rings. The molecule has 0 amide bonds. The molecule has 12 heteroatoms. The lowest BCUT2D eigenvalue weighted by Gasteiger charge is -2.23. The third-order valence-electron chi connectivity index (χ3n) is 1.65. The Labute approximate surface area is 99.9 Å². The normalized spacial score (nSPS) is 9.11. The van der Waals surface area contributed by atoms with Crippen LogP contribution in [0.1, 0.15) is 6.92 Å². The second kappa shape index (κ2) is 11.4. The molecule has 18 heavy (non-hydrogen) atoms. The van der Waals surface area contributed by atoms with Gasteiger partial charge in [0.25, 0.3) is 10.2 Å². The maximum Gasteiger partial charge on any atom is 0.291 e. The average molecular weight is 274 g/mol. The summed E-state index contributed by atoms with van der Waals surface area (Å²) < 4.78 is 0. The summed E-state index contributed by atoms with van der Waals surface area (Å²) >= 11 is 0. The molecule has 0 aromatic rings. The van der Waals surface area contributed by atoms with E-state index in [9.17, 15) is 4.79 Å². The van der Waals surface area contributed by atoms with Gasteiger partial charge in [0.15, 0.2) is 0 Å². The van der Waals surface area contributed by atoms with E-state index in [-0.39, 0.29) is 0 Å². The van der Waals surface area contributed by atoms with Crippen LogP contribution in [0.3, 0.4) is 0 Å². The number of rotatable bonds is 4. The van der Waals surface area contributed by atoms with Crippen LogP contribution in [0.15, 0.2) is 0 Å². The standard InChI is InChI=1S/C6H12O4.2HNO3/c1-5(10)6(2-7,3-8)4-9;2*2-1(3)4/h7-9H,2-4H2,1H3;2*(H,2,3,4). The summed E-state index contributed by atoms with van der Waals surface area (Å²) in [6.07, 6.45) is 0. The van der Waals surface area contributed by atoms with E-state index < -0.39 is 41.2 Å². The molecule has 0 aliphatic heterocycles. The van der Waals surface area contributed by atoms with E-state index in [1.165, 1.54) is 6.92 Å². The number of hydrogen-bond acceptors (Lipinski definition) is 8. The Morgan fingerprint density at radius 2 is 1.17 bits per heavy atom. The van der Waals surface area contributed by atoms with Crippen LogP contribution in [-0.4, -0.2) is 61.5 Å². The summed E-state index contributed by atoms with van der Waals surface area (Å²) in [4.78, 5) is 27.4. The number of aliphatic hydroxyl groups is 3. The fourth-order valence-electron chi connectivity index (χ4n) is 0.484. The Balaban J connectivity index is -0.000000233. The van der Waals surface area contributed by atoms with Crippen molar-refractivity contribution < 1.29 is 40.7 Å². The van der Waals surface area contributed by atoms with Crippen molar-refractivity contribution in [2.24, 2.45) is 5.41 Å². The van der Waals surface area contributed by atoms with Crippen molar-refractivity contribution in [1.82, 2.24) is 0 Å². The van der Waals surface area contributed by atoms with Crippen LogP contribution in [0.2, 0.25) is 0 Å². The molecule has 0 saturated heterocycles. The van der Waals surface area contributed by atoms with Gasteiger partial charge < -0.3 is 25.7 Å². The van der Waals surface area contributed by atoms with Gasteiger partial charge in [0.1, 0.15) is 5.78 Å². The molecule has 0 heterocycles. The maximum atomic E-state index is 10.7. The van der Waals surface area contributed by atoms with Gasteiger partial charge in [-0.3, -0.25) is 4.79 Å². The molecule has 108 valence electrons. The van der Waals surface area contributed by atoms with Crippen molar-refractivity contribution in [2.45, 2.75) is 6.92 Å². The minimum absolute atomic E-state index is 0.403. The predicted molar refractivity (Wildman–Crippen MR) is 51.9 cm³/mol. The molecule has 0 aromatic heterocycles. The predicted octanol–water partition coefficient (Wildman–Crippen LogP) is -2.16. The zero-order chi connectivity index (χ0) is 15.4. The number of nitrogens with zero attached hydrogens (tertiary/aromatic N) is 2. The lowest BCUT2D eigenvalue weighted by Crippen LogP contribution is -2.40. The maximum absolute atomic E-state index is 10.7. The number of ketones is 1. The molecule has 0 unspecified atom stereocenters. The molecule has 0 rings (SSSR count). The van der Waals surface area contributed by atoms with Gasteiger partial charge in [0.05, 0.1) is 25.2 Å². The van der Waals surface area contributed by atoms with Crippen LogP contribution in [0.25, 0.3) is 0 Å². The molecular weight excluding hydrogens is 260 g/mol. The van der Waals surface area contributed by atoms with E-state index >= 15 is 0 Å². The molecule has 0 spiro atoms. The molecule has 0 bridgehead atoms. The quantitative estimate of drug-likeness (QED) is 0.277. The van der Waals surface area contributed by atoms with Gasteiger partial charge >= 0.3 is 0 Å². The third kappa shape index (κ3) is 13.9. The van der Waals surface area contributed by atoms with E-state index in [0.29, 0.717) is 0 Å². The number of Topliss-reactive ketones (excluding diaryl/α,β-unsaturated/α-hetero) is 1. The average Bonchev–Trinajstić information content (AvgIpc) is 2.19. The molecule has 0 aliphatic carbocycles. The summed E-state index contributed by atoms with van der Waals surface area (Å²) in [6, 6.07) is 0. The first-order chi connectivity index (χ1) is 8.09. The Morgan fingerprint density at radius 3 is 1.17 bits per heavy atom. The van der Waals surface area contributed by atoms with Gasteiger partial charge in [-0.05, 0) is 6.92 Å². The Hall–Kier alpha value is -2.05. The number of carbonyl (C=O) groups excluding carboxylic acids is 1. The van der Waals surface area contributed by atoms with Gasteiger partial charge in [0.2, 0.25) is 0 Å². The molecule has 0 fully saturated rings. The van der Waals surface area contributed by atoms with Crippen LogP contribution in [0, 0.1) is 25.6 Å². The third-order valence-corrected chi connectivity index (χ3v) is 1.65. The van der Waals surface area contributed by atoms with Gasteiger partial charge in [0, 0.05) is 0 Å². The first kappa shape index (κ1) is 21.3. The minimum Gasteiger partial charge on any atom is -0.395 e. The van der Waals surface area contributed by atoms with Crippen molar-refractivity contribution in [3.63, 3.8) is 0 Å². The fraction of sp³-hybridized carbons (Fsp3) is 0.833. The lowest BCUT2D eigenvalue weighted by molar-refractivity contribution is -0.742. The summed E-state index contributed by atoms with van der Waals surface area (Å²) in [5.41, 5.74) is -1.35. The van der Waals surface area contributed by atoms with Gasteiger partial charge in [-0.1, -0.05) is 0 Å². The second-order valence-electron chi connectivity index (χ2n) is 2.79. The lowest BCUT2D eigenvalue weighted by atomic mass is 9.87. The van der Waals surface area contributed by atoms with Crippen molar-refractivity contribution in [2.75, 3.05) is 19.8 Å². The number of hydrogen-bond donors (Lipinski definition) is 5. The molecule has 0 radical (unpaired) electrons. The molecular formula is C6H14N2O10. The van der Waals surface area contributed by atoms with Crippen molar-refractivity contribution in [1.29, 1.82) is 0 Å². The van der Waals surface area contributed by atoms with E-state index in [0.717, 1.165) is 0 Å². The van der Waals surface area contributed by atoms with Gasteiger partial charge in [-0.2, -0.15) is 0 Å². The van der Waals surface area contributed by atoms with Crippen LogP contribution in [-0.2, 0) is 4.79 Å². The van der Waals surface area contributed by atoms with Gasteiger partial charge in [-0.15, -0.1) is 20.2 Å². The molecule has 0 aromatic carbocycles. The van der Waals surface area contributed by atoms with Crippen LogP contribution >= 0.6 is 0 Å². The minimum atomic E-state index is -1.50. The first-order valence-electron chi connectivity index (χ1n) is 4.09. The van der Waals surface area contributed by atoms with E-state index in [4.69, 9.17) is 46.0 Å². The summed E-state index contributed by atoms with van der Waals surface area (Å²) in [7, 11) is 0. The second-order valence-corrected chi connectivity index (χ2v) is 2.79. The highest BCUT2D eigenvalue weighted by Crippen LogP contribution is 2.14. The zero-order valence-electron chi connectivity index (χ0n) is 9.29. The topological polar surface area (TPSA) is 204 Å². The Kier molecular flexibility index (Phi) is 13.5. The first-order valence-corrected chi connectivity index (χ1v) is 4.09. The number of carbonyl (C=O) groups is 1. The van der Waals surface area contributed by atoms with Crippen molar-refractivity contribution in [3.05, 3.63) is 20.2 Å². The smallest absolute Gasteiger partial charge is 0.291 e. The van der Waals surface area contributed by atoms with Crippen LogP contribution in [0.5, 0.6) is 0 Å². The monoisotopic (exact) mass is 274 g/mol. The highest BCUT2D eigenvalue weighted by atomic mass is 16.9.